The van der Waals surface area contributed by atoms with E-state index in [0.29, 0.717) is 11.7 Å². The highest BCUT2D eigenvalue weighted by Gasteiger charge is 2.08. The molecule has 0 aromatic heterocycles. The fourth-order valence-corrected chi connectivity index (χ4v) is 1.22. The molecule has 0 fully saturated rings. The van der Waals surface area contributed by atoms with Gasteiger partial charge in [0, 0.05) is 0 Å². The van der Waals surface area contributed by atoms with Crippen molar-refractivity contribution in [2.75, 3.05) is 0 Å². The largest absolute Gasteiger partial charge is 0.488 e. The first kappa shape index (κ1) is 11.0. The summed E-state index contributed by atoms with van der Waals surface area (Å²) in [5.41, 5.74) is 1.10. The lowest BCUT2D eigenvalue weighted by atomic mass is 10.0. The Bertz CT molecular complexity index is 305. The molecule has 0 aliphatic heterocycles. The summed E-state index contributed by atoms with van der Waals surface area (Å²) in [5.74, 6) is 0.458. The summed E-state index contributed by atoms with van der Waals surface area (Å²) in [5, 5.41) is 0. The third kappa shape index (κ3) is 2.72. The van der Waals surface area contributed by atoms with Gasteiger partial charge in [-0.25, -0.2) is 4.39 Å². The van der Waals surface area contributed by atoms with Crippen molar-refractivity contribution in [3.05, 3.63) is 29.6 Å². The highest BCUT2D eigenvalue weighted by atomic mass is 19.1. The maximum atomic E-state index is 13.3. The van der Waals surface area contributed by atoms with E-state index in [9.17, 15) is 4.39 Å². The van der Waals surface area contributed by atoms with Gasteiger partial charge in [0.15, 0.2) is 11.6 Å². The van der Waals surface area contributed by atoms with Crippen LogP contribution in [0.3, 0.4) is 0 Å². The number of rotatable bonds is 3. The van der Waals surface area contributed by atoms with Crippen LogP contribution in [0.15, 0.2) is 18.2 Å². The molecule has 0 unspecified atom stereocenters. The standard InChI is InChI=1S/C12H17FO/c1-8(2)10-5-6-11(13)12(7-10)14-9(3)4/h5-9H,1-4H3. The lowest BCUT2D eigenvalue weighted by molar-refractivity contribution is 0.231. The van der Waals surface area contributed by atoms with Crippen LogP contribution >= 0.6 is 0 Å². The first-order valence-corrected chi connectivity index (χ1v) is 4.96. The van der Waals surface area contributed by atoms with Gasteiger partial charge in [0.25, 0.3) is 0 Å². The predicted octanol–water partition coefficient (Wildman–Crippen LogP) is 3.74. The summed E-state index contributed by atoms with van der Waals surface area (Å²) in [4.78, 5) is 0. The van der Waals surface area contributed by atoms with Gasteiger partial charge in [0.05, 0.1) is 6.10 Å². The van der Waals surface area contributed by atoms with E-state index >= 15 is 0 Å². The third-order valence-corrected chi connectivity index (χ3v) is 1.98. The van der Waals surface area contributed by atoms with Crippen molar-refractivity contribution in [1.29, 1.82) is 0 Å². The minimum absolute atomic E-state index is 0.00640. The second-order valence-corrected chi connectivity index (χ2v) is 4.01. The van der Waals surface area contributed by atoms with Crippen LogP contribution in [0.2, 0.25) is 0 Å². The van der Waals surface area contributed by atoms with E-state index in [-0.39, 0.29) is 11.9 Å². The molecule has 1 aromatic carbocycles. The summed E-state index contributed by atoms with van der Waals surface area (Å²) in [7, 11) is 0. The molecule has 0 N–H and O–H groups in total. The summed E-state index contributed by atoms with van der Waals surface area (Å²) in [6, 6.07) is 5.04. The number of halogens is 1. The van der Waals surface area contributed by atoms with Crippen LogP contribution in [0.5, 0.6) is 5.75 Å². The second-order valence-electron chi connectivity index (χ2n) is 4.01. The Balaban J connectivity index is 2.96. The van der Waals surface area contributed by atoms with Gasteiger partial charge in [-0.2, -0.15) is 0 Å². The molecule has 0 aliphatic carbocycles. The van der Waals surface area contributed by atoms with Crippen LogP contribution in [-0.4, -0.2) is 6.10 Å². The average Bonchev–Trinajstić information content (AvgIpc) is 2.07. The highest BCUT2D eigenvalue weighted by Crippen LogP contribution is 2.24. The van der Waals surface area contributed by atoms with Crippen molar-refractivity contribution in [3.8, 4) is 5.75 Å². The van der Waals surface area contributed by atoms with Crippen molar-refractivity contribution in [1.82, 2.24) is 0 Å². The van der Waals surface area contributed by atoms with E-state index in [4.69, 9.17) is 4.74 Å². The molecule has 0 atom stereocenters. The van der Waals surface area contributed by atoms with Crippen molar-refractivity contribution in [3.63, 3.8) is 0 Å². The first-order valence-electron chi connectivity index (χ1n) is 4.96. The Kier molecular flexibility index (Phi) is 3.50. The lowest BCUT2D eigenvalue weighted by Gasteiger charge is -2.13. The van der Waals surface area contributed by atoms with Gasteiger partial charge in [0.2, 0.25) is 0 Å². The van der Waals surface area contributed by atoms with E-state index in [2.05, 4.69) is 13.8 Å². The number of benzene rings is 1. The SMILES string of the molecule is CC(C)Oc1cc(C(C)C)ccc1F. The van der Waals surface area contributed by atoms with E-state index in [1.165, 1.54) is 6.07 Å². The molecule has 14 heavy (non-hydrogen) atoms. The zero-order valence-electron chi connectivity index (χ0n) is 9.17. The van der Waals surface area contributed by atoms with Crippen molar-refractivity contribution < 1.29 is 9.13 Å². The Morgan fingerprint density at radius 2 is 1.79 bits per heavy atom. The van der Waals surface area contributed by atoms with Crippen molar-refractivity contribution in [2.24, 2.45) is 0 Å². The molecule has 0 aliphatic rings. The Labute approximate surface area is 84.9 Å². The molecule has 0 saturated heterocycles. The number of ether oxygens (including phenoxy) is 1. The highest BCUT2D eigenvalue weighted by molar-refractivity contribution is 5.32. The van der Waals surface area contributed by atoms with Gasteiger partial charge in [-0.1, -0.05) is 19.9 Å². The molecule has 0 spiro atoms. The zero-order valence-corrected chi connectivity index (χ0v) is 9.17. The first-order chi connectivity index (χ1) is 6.50. The zero-order chi connectivity index (χ0) is 10.7. The third-order valence-electron chi connectivity index (χ3n) is 1.98. The van der Waals surface area contributed by atoms with Crippen molar-refractivity contribution in [2.45, 2.75) is 39.7 Å². The van der Waals surface area contributed by atoms with Gasteiger partial charge in [0.1, 0.15) is 0 Å². The minimum Gasteiger partial charge on any atom is -0.488 e. The molecule has 1 aromatic rings. The molecule has 1 nitrogen and oxygen atoms in total. The minimum atomic E-state index is -0.289. The average molecular weight is 196 g/mol. The fourth-order valence-electron chi connectivity index (χ4n) is 1.22. The molecule has 0 bridgehead atoms. The van der Waals surface area contributed by atoms with Crippen LogP contribution in [0, 0.1) is 5.82 Å². The summed E-state index contributed by atoms with van der Waals surface area (Å²) in [6.07, 6.45) is 0.00640. The van der Waals surface area contributed by atoms with Gasteiger partial charge >= 0.3 is 0 Å². The molecular weight excluding hydrogens is 179 g/mol. The Morgan fingerprint density at radius 1 is 1.14 bits per heavy atom. The van der Waals surface area contributed by atoms with E-state index < -0.39 is 0 Å². The van der Waals surface area contributed by atoms with Gasteiger partial charge < -0.3 is 4.74 Å². The molecule has 0 saturated carbocycles. The van der Waals surface area contributed by atoms with Gasteiger partial charge in [-0.15, -0.1) is 0 Å². The fraction of sp³-hybridized carbons (Fsp3) is 0.500. The van der Waals surface area contributed by atoms with Crippen LogP contribution in [0.1, 0.15) is 39.2 Å². The Morgan fingerprint density at radius 3 is 2.29 bits per heavy atom. The number of hydrogen-bond donors (Lipinski definition) is 0. The van der Waals surface area contributed by atoms with E-state index in [1.54, 1.807) is 12.1 Å². The monoisotopic (exact) mass is 196 g/mol. The van der Waals surface area contributed by atoms with Crippen LogP contribution in [0.25, 0.3) is 0 Å². The van der Waals surface area contributed by atoms with Gasteiger partial charge in [-0.3, -0.25) is 0 Å². The van der Waals surface area contributed by atoms with Crippen LogP contribution < -0.4 is 4.74 Å². The summed E-state index contributed by atoms with van der Waals surface area (Å²) in [6.45, 7) is 7.93. The maximum absolute atomic E-state index is 13.3. The normalized spacial score (nSPS) is 11.1. The van der Waals surface area contributed by atoms with Crippen molar-refractivity contribution >= 4 is 0 Å². The molecule has 2 heteroatoms. The number of hydrogen-bond acceptors (Lipinski definition) is 1. The molecule has 1 rings (SSSR count). The van der Waals surface area contributed by atoms with Crippen LogP contribution in [0.4, 0.5) is 4.39 Å². The van der Waals surface area contributed by atoms with E-state index in [0.717, 1.165) is 5.56 Å². The smallest absolute Gasteiger partial charge is 0.165 e. The maximum Gasteiger partial charge on any atom is 0.165 e. The topological polar surface area (TPSA) is 9.23 Å². The van der Waals surface area contributed by atoms with Gasteiger partial charge in [-0.05, 0) is 37.5 Å². The quantitative estimate of drug-likeness (QED) is 0.715. The van der Waals surface area contributed by atoms with Crippen LogP contribution in [-0.2, 0) is 0 Å². The lowest BCUT2D eigenvalue weighted by Crippen LogP contribution is -2.07. The molecule has 78 valence electrons. The summed E-state index contributed by atoms with van der Waals surface area (Å²) >= 11 is 0. The molecule has 0 radical (unpaired) electrons. The van der Waals surface area contributed by atoms with E-state index in [1.807, 2.05) is 13.8 Å². The Hall–Kier alpha value is -1.05. The molecular formula is C12H17FO. The molecule has 0 heterocycles. The summed E-state index contributed by atoms with van der Waals surface area (Å²) < 4.78 is 18.6. The second kappa shape index (κ2) is 4.45. The predicted molar refractivity (Wildman–Crippen MR) is 56.3 cm³/mol. The molecule has 0 amide bonds.